The quantitative estimate of drug-likeness (QED) is 0.601. The molecule has 0 aliphatic carbocycles. The van der Waals surface area contributed by atoms with Gasteiger partial charge in [-0.25, -0.2) is 0 Å². The van der Waals surface area contributed by atoms with Crippen LogP contribution in [0.2, 0.25) is 0 Å². The minimum Gasteiger partial charge on any atom is -0.324 e. The molecule has 0 spiro atoms. The van der Waals surface area contributed by atoms with Gasteiger partial charge >= 0.3 is 0 Å². The molecule has 1 aliphatic rings. The van der Waals surface area contributed by atoms with Gasteiger partial charge < -0.3 is 4.48 Å². The van der Waals surface area contributed by atoms with Crippen LogP contribution in [0.5, 0.6) is 0 Å². The number of quaternary nitrogens is 1. The van der Waals surface area contributed by atoms with Gasteiger partial charge in [-0.15, -0.1) is 0 Å². The van der Waals surface area contributed by atoms with Crippen molar-refractivity contribution in [2.24, 2.45) is 5.92 Å². The molecule has 0 saturated carbocycles. The van der Waals surface area contributed by atoms with Crippen LogP contribution in [0.15, 0.2) is 0 Å². The molecule has 0 bridgehead atoms. The summed E-state index contributed by atoms with van der Waals surface area (Å²) in [7, 11) is 2.38. The fourth-order valence-electron chi connectivity index (χ4n) is 2.00. The minimum atomic E-state index is 0.818. The molecule has 1 rings (SSSR count). The second-order valence-corrected chi connectivity index (χ2v) is 5.08. The fourth-order valence-corrected chi connectivity index (χ4v) is 2.00. The van der Waals surface area contributed by atoms with Gasteiger partial charge in [0.15, 0.2) is 0 Å². The predicted molar refractivity (Wildman–Crippen MR) is 57.7 cm³/mol. The first-order valence-corrected chi connectivity index (χ1v) is 5.61. The van der Waals surface area contributed by atoms with Gasteiger partial charge in [-0.3, -0.25) is 4.90 Å². The molecule has 0 atom stereocenters. The first kappa shape index (κ1) is 11.0. The van der Waals surface area contributed by atoms with Gasteiger partial charge in [0.2, 0.25) is 0 Å². The van der Waals surface area contributed by atoms with Crippen molar-refractivity contribution in [2.45, 2.75) is 20.8 Å². The molecule has 0 aromatic rings. The molecule has 1 saturated heterocycles. The predicted octanol–water partition coefficient (Wildman–Crippen LogP) is 1.42. The number of hydrogen-bond acceptors (Lipinski definition) is 1. The van der Waals surface area contributed by atoms with Crippen LogP contribution in [-0.2, 0) is 0 Å². The number of rotatable bonds is 3. The van der Waals surface area contributed by atoms with Crippen molar-refractivity contribution in [1.82, 2.24) is 4.90 Å². The Bertz CT molecular complexity index is 146. The summed E-state index contributed by atoms with van der Waals surface area (Å²) in [6.45, 7) is 14.7. The molecule has 1 heterocycles. The Balaban J connectivity index is 2.30. The summed E-state index contributed by atoms with van der Waals surface area (Å²) in [6.07, 6.45) is 0. The number of nitrogens with zero attached hydrogens (tertiary/aromatic N) is 2. The van der Waals surface area contributed by atoms with Gasteiger partial charge in [-0.05, 0) is 12.8 Å². The zero-order valence-corrected chi connectivity index (χ0v) is 9.71. The van der Waals surface area contributed by atoms with Gasteiger partial charge in [-0.2, -0.15) is 0 Å². The highest BCUT2D eigenvalue weighted by Crippen LogP contribution is 2.10. The van der Waals surface area contributed by atoms with Gasteiger partial charge in [-0.1, -0.05) is 13.8 Å². The lowest BCUT2D eigenvalue weighted by molar-refractivity contribution is -0.912. The molecule has 0 N–H and O–H groups in total. The first-order chi connectivity index (χ1) is 6.06. The second-order valence-electron chi connectivity index (χ2n) is 5.08. The van der Waals surface area contributed by atoms with E-state index in [1.807, 2.05) is 0 Å². The van der Waals surface area contributed by atoms with Crippen LogP contribution in [-0.4, -0.2) is 55.7 Å². The van der Waals surface area contributed by atoms with Gasteiger partial charge in [0.1, 0.15) is 0 Å². The van der Waals surface area contributed by atoms with Crippen LogP contribution in [0, 0.1) is 5.92 Å². The second kappa shape index (κ2) is 4.43. The third-order valence-corrected chi connectivity index (χ3v) is 3.30. The standard InChI is InChI=1S/C11H25N2/c1-5-13(4)8-6-12(7-9-13)10-11(2)3/h11H,5-10H2,1-4H3/q+1. The fraction of sp³-hybridized carbons (Fsp3) is 1.00. The van der Waals surface area contributed by atoms with Gasteiger partial charge in [0.05, 0.1) is 26.7 Å². The molecule has 0 amide bonds. The largest absolute Gasteiger partial charge is 0.324 e. The molecular weight excluding hydrogens is 160 g/mol. The zero-order valence-electron chi connectivity index (χ0n) is 9.71. The molecule has 0 radical (unpaired) electrons. The Morgan fingerprint density at radius 1 is 1.23 bits per heavy atom. The van der Waals surface area contributed by atoms with Crippen molar-refractivity contribution in [3.8, 4) is 0 Å². The normalized spacial score (nSPS) is 23.8. The lowest BCUT2D eigenvalue weighted by Crippen LogP contribution is -2.57. The third-order valence-electron chi connectivity index (χ3n) is 3.30. The van der Waals surface area contributed by atoms with Crippen LogP contribution in [0.25, 0.3) is 0 Å². The monoisotopic (exact) mass is 185 g/mol. The summed E-state index contributed by atoms with van der Waals surface area (Å²) in [4.78, 5) is 2.61. The molecule has 1 aliphatic heterocycles. The molecule has 13 heavy (non-hydrogen) atoms. The molecule has 78 valence electrons. The van der Waals surface area contributed by atoms with E-state index in [0.717, 1.165) is 5.92 Å². The smallest absolute Gasteiger partial charge is 0.0914 e. The Hall–Kier alpha value is -0.0800. The van der Waals surface area contributed by atoms with Crippen molar-refractivity contribution in [1.29, 1.82) is 0 Å². The lowest BCUT2D eigenvalue weighted by Gasteiger charge is -2.41. The Morgan fingerprint density at radius 2 is 1.77 bits per heavy atom. The van der Waals surface area contributed by atoms with Crippen molar-refractivity contribution in [3.05, 3.63) is 0 Å². The van der Waals surface area contributed by atoms with Crippen LogP contribution in [0.3, 0.4) is 0 Å². The number of likely N-dealkylation sites (N-methyl/N-ethyl adjacent to an activating group) is 1. The maximum atomic E-state index is 2.61. The molecule has 0 unspecified atom stereocenters. The Kier molecular flexibility index (Phi) is 3.74. The van der Waals surface area contributed by atoms with E-state index in [1.54, 1.807) is 0 Å². The van der Waals surface area contributed by atoms with Crippen molar-refractivity contribution in [3.63, 3.8) is 0 Å². The highest BCUT2D eigenvalue weighted by Gasteiger charge is 2.26. The van der Waals surface area contributed by atoms with E-state index in [2.05, 4.69) is 32.7 Å². The minimum absolute atomic E-state index is 0.818. The van der Waals surface area contributed by atoms with Crippen LogP contribution in [0.4, 0.5) is 0 Å². The maximum absolute atomic E-state index is 2.61. The van der Waals surface area contributed by atoms with E-state index in [1.165, 1.54) is 43.8 Å². The highest BCUT2D eigenvalue weighted by molar-refractivity contribution is 4.64. The SMILES string of the molecule is CC[N+]1(C)CCN(CC(C)C)CC1. The highest BCUT2D eigenvalue weighted by atomic mass is 15.4. The summed E-state index contributed by atoms with van der Waals surface area (Å²) in [6, 6.07) is 0. The van der Waals surface area contributed by atoms with Crippen LogP contribution < -0.4 is 0 Å². The van der Waals surface area contributed by atoms with E-state index in [9.17, 15) is 0 Å². The Labute approximate surface area is 83.1 Å². The summed E-state index contributed by atoms with van der Waals surface area (Å²) < 4.78 is 1.27. The summed E-state index contributed by atoms with van der Waals surface area (Å²) >= 11 is 0. The number of hydrogen-bond donors (Lipinski definition) is 0. The van der Waals surface area contributed by atoms with Crippen LogP contribution >= 0.6 is 0 Å². The average molecular weight is 185 g/mol. The molecule has 1 fully saturated rings. The van der Waals surface area contributed by atoms with E-state index in [0.29, 0.717) is 0 Å². The van der Waals surface area contributed by atoms with E-state index in [4.69, 9.17) is 0 Å². The van der Waals surface area contributed by atoms with Crippen molar-refractivity contribution >= 4 is 0 Å². The van der Waals surface area contributed by atoms with E-state index < -0.39 is 0 Å². The summed E-state index contributed by atoms with van der Waals surface area (Å²) in [5.41, 5.74) is 0. The number of piperazine rings is 1. The zero-order chi connectivity index (χ0) is 9.90. The topological polar surface area (TPSA) is 3.24 Å². The van der Waals surface area contributed by atoms with Crippen molar-refractivity contribution in [2.75, 3.05) is 46.3 Å². The van der Waals surface area contributed by atoms with Gasteiger partial charge in [0.25, 0.3) is 0 Å². The molecule has 2 nitrogen and oxygen atoms in total. The molecular formula is C11H25N2+. The van der Waals surface area contributed by atoms with E-state index >= 15 is 0 Å². The summed E-state index contributed by atoms with van der Waals surface area (Å²) in [5.74, 6) is 0.818. The first-order valence-electron chi connectivity index (χ1n) is 5.61. The van der Waals surface area contributed by atoms with Crippen LogP contribution in [0.1, 0.15) is 20.8 Å². The molecule has 2 heteroatoms. The average Bonchev–Trinajstić information content (AvgIpc) is 2.09. The van der Waals surface area contributed by atoms with E-state index in [-0.39, 0.29) is 0 Å². The molecule has 0 aromatic carbocycles. The molecule has 0 aromatic heterocycles. The van der Waals surface area contributed by atoms with Crippen molar-refractivity contribution < 1.29 is 4.48 Å². The Morgan fingerprint density at radius 3 is 2.15 bits per heavy atom. The third kappa shape index (κ3) is 3.28. The van der Waals surface area contributed by atoms with Gasteiger partial charge in [0, 0.05) is 19.6 Å². The maximum Gasteiger partial charge on any atom is 0.0914 e. The summed E-state index contributed by atoms with van der Waals surface area (Å²) in [5, 5.41) is 0. The lowest BCUT2D eigenvalue weighted by atomic mass is 10.2.